The molecule has 1 N–H and O–H groups in total. The molecule has 0 spiro atoms. The maximum Gasteiger partial charge on any atom is 0.266 e. The van der Waals surface area contributed by atoms with Crippen molar-refractivity contribution in [3.63, 3.8) is 0 Å². The highest BCUT2D eigenvalue weighted by Crippen LogP contribution is 2.30. The lowest BCUT2D eigenvalue weighted by Crippen LogP contribution is -2.40. The Kier molecular flexibility index (Phi) is 5.12. The van der Waals surface area contributed by atoms with E-state index in [0.717, 1.165) is 22.9 Å². The van der Waals surface area contributed by atoms with Crippen LogP contribution in [-0.4, -0.2) is 45.4 Å². The highest BCUT2D eigenvalue weighted by atomic mass is 16.6. The highest BCUT2D eigenvalue weighted by molar-refractivity contribution is 5.40. The lowest BCUT2D eigenvalue weighted by atomic mass is 10.2. The zero-order valence-corrected chi connectivity index (χ0v) is 16.0. The maximum atomic E-state index is 12.1. The van der Waals surface area contributed by atoms with Gasteiger partial charge in [-0.3, -0.25) is 4.79 Å². The molecule has 0 aliphatic carbocycles. The third kappa shape index (κ3) is 3.91. The van der Waals surface area contributed by atoms with Crippen molar-refractivity contribution in [3.05, 3.63) is 64.2 Å². The third-order valence-electron chi connectivity index (χ3n) is 4.52. The van der Waals surface area contributed by atoms with Crippen molar-refractivity contribution < 1.29 is 9.47 Å². The minimum atomic E-state index is -0.141. The van der Waals surface area contributed by atoms with E-state index < -0.39 is 0 Å². The number of aromatic nitrogens is 4. The van der Waals surface area contributed by atoms with Gasteiger partial charge in [-0.1, -0.05) is 12.1 Å². The Morgan fingerprint density at radius 2 is 1.96 bits per heavy atom. The van der Waals surface area contributed by atoms with E-state index in [1.54, 1.807) is 10.7 Å². The summed E-state index contributed by atoms with van der Waals surface area (Å²) >= 11 is 0. The van der Waals surface area contributed by atoms with Crippen LogP contribution in [0.25, 0.3) is 5.82 Å². The second kappa shape index (κ2) is 7.85. The molecule has 0 bridgehead atoms. The number of benzene rings is 1. The first kappa shape index (κ1) is 18.2. The number of ether oxygens (including phenoxy) is 2. The predicted octanol–water partition coefficient (Wildman–Crippen LogP) is 1.48. The van der Waals surface area contributed by atoms with Crippen LogP contribution in [0.15, 0.2) is 47.3 Å². The molecule has 0 fully saturated rings. The predicted molar refractivity (Wildman–Crippen MR) is 104 cm³/mol. The zero-order valence-electron chi connectivity index (χ0n) is 16.0. The molecule has 8 nitrogen and oxygen atoms in total. The van der Waals surface area contributed by atoms with Crippen molar-refractivity contribution in [1.29, 1.82) is 0 Å². The zero-order chi connectivity index (χ0) is 19.5. The Labute approximate surface area is 162 Å². The van der Waals surface area contributed by atoms with E-state index in [-0.39, 0.29) is 11.7 Å². The van der Waals surface area contributed by atoms with E-state index in [1.807, 2.05) is 44.2 Å². The molecule has 146 valence electrons. The average Bonchev–Trinajstić information content (AvgIpc) is 3.04. The first-order valence-corrected chi connectivity index (χ1v) is 9.31. The Balaban J connectivity index is 1.34. The second-order valence-electron chi connectivity index (χ2n) is 6.79. The Bertz CT molecular complexity index is 1030. The van der Waals surface area contributed by atoms with Gasteiger partial charge in [-0.25, -0.2) is 9.36 Å². The van der Waals surface area contributed by atoms with Gasteiger partial charge in [0.05, 0.1) is 12.2 Å². The number of nitrogens with zero attached hydrogens (tertiary/aromatic N) is 4. The SMILES string of the molecule is Cc1cc(C)n(-c2ccc(=O)n(CCNCC3COc4ccccc4O3)n2)n1. The number of nitrogens with one attached hydrogen (secondary N) is 1. The summed E-state index contributed by atoms with van der Waals surface area (Å²) in [5.74, 6) is 2.16. The molecule has 4 rings (SSSR count). The van der Waals surface area contributed by atoms with Gasteiger partial charge < -0.3 is 14.8 Å². The highest BCUT2D eigenvalue weighted by Gasteiger charge is 2.19. The monoisotopic (exact) mass is 381 g/mol. The number of hydrogen-bond donors (Lipinski definition) is 1. The Morgan fingerprint density at radius 3 is 2.75 bits per heavy atom. The molecule has 1 aliphatic heterocycles. The normalized spacial score (nSPS) is 15.6. The average molecular weight is 381 g/mol. The standard InChI is InChI=1S/C20H23N5O3/c1-14-11-15(2)25(22-14)19-7-8-20(26)24(23-19)10-9-21-12-16-13-27-17-5-3-4-6-18(17)28-16/h3-8,11,16,21H,9-10,12-13H2,1-2H3. The van der Waals surface area contributed by atoms with Gasteiger partial charge in [0, 0.05) is 24.8 Å². The first-order valence-electron chi connectivity index (χ1n) is 9.31. The molecule has 0 radical (unpaired) electrons. The van der Waals surface area contributed by atoms with Crippen molar-refractivity contribution in [1.82, 2.24) is 24.9 Å². The van der Waals surface area contributed by atoms with Crippen LogP contribution in [0.4, 0.5) is 0 Å². The number of aryl methyl sites for hydroxylation is 2. The molecular formula is C20H23N5O3. The number of fused-ring (bicyclic) bond motifs is 1. The lowest BCUT2D eigenvalue weighted by Gasteiger charge is -2.26. The topological polar surface area (TPSA) is 83.2 Å². The van der Waals surface area contributed by atoms with Crippen LogP contribution in [0.1, 0.15) is 11.4 Å². The van der Waals surface area contributed by atoms with E-state index in [9.17, 15) is 4.79 Å². The number of hydrogen-bond acceptors (Lipinski definition) is 6. The summed E-state index contributed by atoms with van der Waals surface area (Å²) in [6.07, 6.45) is -0.0689. The number of rotatable bonds is 6. The summed E-state index contributed by atoms with van der Waals surface area (Å²) in [6, 6.07) is 12.8. The van der Waals surface area contributed by atoms with Crippen LogP contribution in [-0.2, 0) is 6.54 Å². The van der Waals surface area contributed by atoms with Gasteiger partial charge >= 0.3 is 0 Å². The van der Waals surface area contributed by atoms with Crippen molar-refractivity contribution in [3.8, 4) is 17.3 Å². The molecule has 0 saturated carbocycles. The molecule has 0 amide bonds. The maximum absolute atomic E-state index is 12.1. The van der Waals surface area contributed by atoms with Gasteiger partial charge in [-0.15, -0.1) is 5.10 Å². The van der Waals surface area contributed by atoms with Crippen LogP contribution in [0.3, 0.4) is 0 Å². The molecule has 28 heavy (non-hydrogen) atoms. The van der Waals surface area contributed by atoms with Crippen molar-refractivity contribution in [2.24, 2.45) is 0 Å². The molecule has 1 aromatic carbocycles. The van der Waals surface area contributed by atoms with Gasteiger partial charge in [0.15, 0.2) is 17.3 Å². The van der Waals surface area contributed by atoms with E-state index in [2.05, 4.69) is 15.5 Å². The van der Waals surface area contributed by atoms with E-state index in [1.165, 1.54) is 10.7 Å². The summed E-state index contributed by atoms with van der Waals surface area (Å²) in [7, 11) is 0. The molecule has 1 unspecified atom stereocenters. The second-order valence-corrected chi connectivity index (χ2v) is 6.79. The molecule has 8 heteroatoms. The van der Waals surface area contributed by atoms with Gasteiger partial charge in [-0.05, 0) is 38.1 Å². The van der Waals surface area contributed by atoms with Gasteiger partial charge in [0.2, 0.25) is 0 Å². The summed E-state index contributed by atoms with van der Waals surface area (Å²) < 4.78 is 14.8. The lowest BCUT2D eigenvalue weighted by molar-refractivity contribution is 0.0903. The summed E-state index contributed by atoms with van der Waals surface area (Å²) in [6.45, 7) is 6.06. The fourth-order valence-electron chi connectivity index (χ4n) is 3.18. The molecule has 3 aromatic rings. The van der Waals surface area contributed by atoms with E-state index >= 15 is 0 Å². The minimum absolute atomic E-state index is 0.0689. The van der Waals surface area contributed by atoms with Gasteiger partial charge in [0.1, 0.15) is 12.7 Å². The van der Waals surface area contributed by atoms with E-state index in [4.69, 9.17) is 9.47 Å². The van der Waals surface area contributed by atoms with Crippen LogP contribution >= 0.6 is 0 Å². The quantitative estimate of drug-likeness (QED) is 0.651. The third-order valence-corrected chi connectivity index (χ3v) is 4.52. The van der Waals surface area contributed by atoms with Crippen LogP contribution in [0, 0.1) is 13.8 Å². The van der Waals surface area contributed by atoms with Gasteiger partial charge in [0.25, 0.3) is 5.56 Å². The Morgan fingerprint density at radius 1 is 1.14 bits per heavy atom. The van der Waals surface area contributed by atoms with Crippen LogP contribution in [0.5, 0.6) is 11.5 Å². The van der Waals surface area contributed by atoms with Crippen molar-refractivity contribution in [2.45, 2.75) is 26.5 Å². The van der Waals surface area contributed by atoms with Crippen LogP contribution < -0.4 is 20.3 Å². The number of para-hydroxylation sites is 2. The molecule has 3 heterocycles. The molecule has 1 atom stereocenters. The van der Waals surface area contributed by atoms with Crippen molar-refractivity contribution in [2.75, 3.05) is 19.7 Å². The smallest absolute Gasteiger partial charge is 0.266 e. The first-order chi connectivity index (χ1) is 13.6. The largest absolute Gasteiger partial charge is 0.486 e. The fourth-order valence-corrected chi connectivity index (χ4v) is 3.18. The van der Waals surface area contributed by atoms with Crippen LogP contribution in [0.2, 0.25) is 0 Å². The molecule has 0 saturated heterocycles. The van der Waals surface area contributed by atoms with E-state index in [0.29, 0.717) is 32.1 Å². The summed E-state index contributed by atoms with van der Waals surface area (Å²) in [4.78, 5) is 12.1. The Hall–Kier alpha value is -3.13. The van der Waals surface area contributed by atoms with Gasteiger partial charge in [-0.2, -0.15) is 5.10 Å². The summed E-state index contributed by atoms with van der Waals surface area (Å²) in [5.41, 5.74) is 1.75. The summed E-state index contributed by atoms with van der Waals surface area (Å²) in [5, 5.41) is 12.2. The molecule has 1 aliphatic rings. The molecular weight excluding hydrogens is 358 g/mol. The fraction of sp³-hybridized carbons (Fsp3) is 0.350. The van der Waals surface area contributed by atoms with Crippen molar-refractivity contribution >= 4 is 0 Å². The minimum Gasteiger partial charge on any atom is -0.486 e. The molecule has 2 aromatic heterocycles.